The van der Waals surface area contributed by atoms with Gasteiger partial charge in [0, 0.05) is 10.6 Å². The van der Waals surface area contributed by atoms with Crippen LogP contribution in [0.4, 0.5) is 0 Å². The maximum absolute atomic E-state index is 11.7. The number of carboxylic acid groups (broad SMARTS) is 1. The summed E-state index contributed by atoms with van der Waals surface area (Å²) < 4.78 is 17.0. The Bertz CT molecular complexity index is 1050. The molecule has 0 saturated heterocycles. The first-order chi connectivity index (χ1) is 14.4. The Morgan fingerprint density at radius 1 is 1.10 bits per heavy atom. The molecule has 156 valence electrons. The summed E-state index contributed by atoms with van der Waals surface area (Å²) >= 11 is 5.99. The second-order valence-electron chi connectivity index (χ2n) is 6.77. The van der Waals surface area contributed by atoms with Crippen molar-refractivity contribution < 1.29 is 24.1 Å². The van der Waals surface area contributed by atoms with Crippen LogP contribution in [0.25, 0.3) is 11.3 Å². The molecule has 7 heteroatoms. The van der Waals surface area contributed by atoms with Gasteiger partial charge in [-0.25, -0.2) is 9.78 Å². The van der Waals surface area contributed by atoms with Gasteiger partial charge in [0.2, 0.25) is 0 Å². The van der Waals surface area contributed by atoms with Crippen molar-refractivity contribution in [3.8, 4) is 28.5 Å². The smallest absolute Gasteiger partial charge is 0.337 e. The summed E-state index contributed by atoms with van der Waals surface area (Å²) in [5, 5.41) is 10.1. The van der Waals surface area contributed by atoms with Crippen LogP contribution in [0, 0.1) is 0 Å². The standard InChI is InChI=1S/C23H22ClNO5/c1-14(2)30-22-10-7-16(28-3)12-19(22)20-9-8-18(23(26)27)21(25-20)13-29-17-6-4-5-15(24)11-17/h4-12,14H,13H2,1-3H3,(H,26,27). The van der Waals surface area contributed by atoms with E-state index in [1.165, 1.54) is 6.07 Å². The highest BCUT2D eigenvalue weighted by Crippen LogP contribution is 2.34. The monoisotopic (exact) mass is 427 g/mol. The number of methoxy groups -OCH3 is 1. The molecular weight excluding hydrogens is 406 g/mol. The van der Waals surface area contributed by atoms with E-state index in [0.29, 0.717) is 39.2 Å². The fourth-order valence-electron chi connectivity index (χ4n) is 2.86. The van der Waals surface area contributed by atoms with Crippen LogP contribution in [-0.4, -0.2) is 29.3 Å². The molecule has 30 heavy (non-hydrogen) atoms. The molecule has 6 nitrogen and oxygen atoms in total. The maximum atomic E-state index is 11.7. The van der Waals surface area contributed by atoms with Gasteiger partial charge in [0.1, 0.15) is 23.9 Å². The number of aromatic carboxylic acids is 1. The number of carbonyl (C=O) groups is 1. The van der Waals surface area contributed by atoms with Gasteiger partial charge in [-0.05, 0) is 62.4 Å². The van der Waals surface area contributed by atoms with Gasteiger partial charge in [-0.3, -0.25) is 0 Å². The molecular formula is C23H22ClNO5. The Kier molecular flexibility index (Phi) is 6.79. The lowest BCUT2D eigenvalue weighted by Gasteiger charge is -2.16. The van der Waals surface area contributed by atoms with E-state index in [9.17, 15) is 9.90 Å². The number of carboxylic acids is 1. The van der Waals surface area contributed by atoms with Crippen molar-refractivity contribution in [2.24, 2.45) is 0 Å². The van der Waals surface area contributed by atoms with E-state index in [0.717, 1.165) is 0 Å². The minimum Gasteiger partial charge on any atom is -0.497 e. The fraction of sp³-hybridized carbons (Fsp3) is 0.217. The van der Waals surface area contributed by atoms with Crippen LogP contribution in [0.3, 0.4) is 0 Å². The van der Waals surface area contributed by atoms with Crippen LogP contribution in [-0.2, 0) is 6.61 Å². The number of ether oxygens (including phenoxy) is 3. The maximum Gasteiger partial charge on any atom is 0.337 e. The van der Waals surface area contributed by atoms with Crippen molar-refractivity contribution in [2.75, 3.05) is 7.11 Å². The topological polar surface area (TPSA) is 77.9 Å². The molecule has 1 N–H and O–H groups in total. The average Bonchev–Trinajstić information content (AvgIpc) is 2.72. The second kappa shape index (κ2) is 9.50. The summed E-state index contributed by atoms with van der Waals surface area (Å²) in [6.45, 7) is 3.83. The fourth-order valence-corrected chi connectivity index (χ4v) is 3.04. The minimum atomic E-state index is -1.08. The molecule has 0 spiro atoms. The number of aromatic nitrogens is 1. The average molecular weight is 428 g/mol. The predicted octanol–water partition coefficient (Wildman–Crippen LogP) is 5.48. The normalized spacial score (nSPS) is 10.7. The number of benzene rings is 2. The van der Waals surface area contributed by atoms with E-state index in [1.807, 2.05) is 26.0 Å². The third kappa shape index (κ3) is 5.21. The van der Waals surface area contributed by atoms with Crippen molar-refractivity contribution in [3.63, 3.8) is 0 Å². The Balaban J connectivity index is 2.00. The molecule has 0 aliphatic rings. The van der Waals surface area contributed by atoms with E-state index in [1.54, 1.807) is 43.5 Å². The van der Waals surface area contributed by atoms with Gasteiger partial charge in [-0.1, -0.05) is 17.7 Å². The minimum absolute atomic E-state index is 0.0276. The molecule has 2 aromatic carbocycles. The second-order valence-corrected chi connectivity index (χ2v) is 7.21. The summed E-state index contributed by atoms with van der Waals surface area (Å²) in [5.74, 6) is 0.712. The van der Waals surface area contributed by atoms with Gasteiger partial charge in [-0.15, -0.1) is 0 Å². The highest BCUT2D eigenvalue weighted by Gasteiger charge is 2.17. The predicted molar refractivity (Wildman–Crippen MR) is 115 cm³/mol. The molecule has 0 fully saturated rings. The van der Waals surface area contributed by atoms with Crippen molar-refractivity contribution >= 4 is 17.6 Å². The molecule has 0 atom stereocenters. The molecule has 3 aromatic rings. The van der Waals surface area contributed by atoms with Gasteiger partial charge < -0.3 is 19.3 Å². The summed E-state index contributed by atoms with van der Waals surface area (Å²) in [6, 6.07) is 15.5. The van der Waals surface area contributed by atoms with Crippen LogP contribution < -0.4 is 14.2 Å². The van der Waals surface area contributed by atoms with Crippen molar-refractivity contribution in [1.29, 1.82) is 0 Å². The first kappa shape index (κ1) is 21.5. The Morgan fingerprint density at radius 2 is 1.90 bits per heavy atom. The van der Waals surface area contributed by atoms with Crippen LogP contribution in [0.1, 0.15) is 29.9 Å². The molecule has 0 amide bonds. The first-order valence-electron chi connectivity index (χ1n) is 9.34. The quantitative estimate of drug-likeness (QED) is 0.513. The van der Waals surface area contributed by atoms with E-state index < -0.39 is 5.97 Å². The highest BCUT2D eigenvalue weighted by atomic mass is 35.5. The molecule has 1 aromatic heterocycles. The van der Waals surface area contributed by atoms with Crippen molar-refractivity contribution in [1.82, 2.24) is 4.98 Å². The van der Waals surface area contributed by atoms with E-state index >= 15 is 0 Å². The van der Waals surface area contributed by atoms with Gasteiger partial charge in [0.05, 0.1) is 30.2 Å². The Hall–Kier alpha value is -3.25. The van der Waals surface area contributed by atoms with Gasteiger partial charge >= 0.3 is 5.97 Å². The van der Waals surface area contributed by atoms with Crippen LogP contribution in [0.15, 0.2) is 54.6 Å². The Labute approximate surface area is 180 Å². The zero-order valence-electron chi connectivity index (χ0n) is 16.9. The van der Waals surface area contributed by atoms with Crippen molar-refractivity contribution in [3.05, 3.63) is 70.9 Å². The van der Waals surface area contributed by atoms with Gasteiger partial charge in [0.15, 0.2) is 0 Å². The third-order valence-electron chi connectivity index (χ3n) is 4.20. The van der Waals surface area contributed by atoms with E-state index in [2.05, 4.69) is 4.98 Å². The van der Waals surface area contributed by atoms with Crippen LogP contribution in [0.2, 0.25) is 5.02 Å². The molecule has 0 aliphatic heterocycles. The summed E-state index contributed by atoms with van der Waals surface area (Å²) in [5.41, 5.74) is 1.61. The zero-order valence-corrected chi connectivity index (χ0v) is 17.6. The van der Waals surface area contributed by atoms with Crippen LogP contribution in [0.5, 0.6) is 17.2 Å². The molecule has 0 saturated carbocycles. The number of nitrogens with zero attached hydrogens (tertiary/aromatic N) is 1. The number of halogens is 1. The SMILES string of the molecule is COc1ccc(OC(C)C)c(-c2ccc(C(=O)O)c(COc3cccc(Cl)c3)n2)c1. The van der Waals surface area contributed by atoms with Gasteiger partial charge in [-0.2, -0.15) is 0 Å². The molecule has 0 radical (unpaired) electrons. The summed E-state index contributed by atoms with van der Waals surface area (Å²) in [7, 11) is 1.58. The van der Waals surface area contributed by atoms with E-state index in [-0.39, 0.29) is 18.3 Å². The highest BCUT2D eigenvalue weighted by molar-refractivity contribution is 6.30. The molecule has 0 aliphatic carbocycles. The van der Waals surface area contributed by atoms with Crippen LogP contribution >= 0.6 is 11.6 Å². The summed E-state index contributed by atoms with van der Waals surface area (Å²) in [6.07, 6.45) is -0.0407. The molecule has 3 rings (SSSR count). The number of pyridine rings is 1. The summed E-state index contributed by atoms with van der Waals surface area (Å²) in [4.78, 5) is 16.3. The molecule has 0 bridgehead atoms. The molecule has 1 heterocycles. The van der Waals surface area contributed by atoms with Gasteiger partial charge in [0.25, 0.3) is 0 Å². The third-order valence-corrected chi connectivity index (χ3v) is 4.44. The number of rotatable bonds is 8. The number of hydrogen-bond donors (Lipinski definition) is 1. The Morgan fingerprint density at radius 3 is 2.57 bits per heavy atom. The lowest BCUT2D eigenvalue weighted by atomic mass is 10.1. The number of hydrogen-bond acceptors (Lipinski definition) is 5. The van der Waals surface area contributed by atoms with Crippen molar-refractivity contribution in [2.45, 2.75) is 26.6 Å². The lowest BCUT2D eigenvalue weighted by molar-refractivity contribution is 0.0693. The largest absolute Gasteiger partial charge is 0.497 e. The zero-order chi connectivity index (χ0) is 21.7. The first-order valence-corrected chi connectivity index (χ1v) is 9.72. The van der Waals surface area contributed by atoms with E-state index in [4.69, 9.17) is 25.8 Å². The molecule has 0 unspecified atom stereocenters. The lowest BCUT2D eigenvalue weighted by Crippen LogP contribution is -2.10.